The largest absolute Gasteiger partial charge is 0.394 e. The topological polar surface area (TPSA) is 133 Å². The lowest BCUT2D eigenvalue weighted by Crippen LogP contribution is -2.22. The zero-order valence-electron chi connectivity index (χ0n) is 9.15. The molecule has 0 radical (unpaired) electrons. The lowest BCUT2D eigenvalue weighted by Gasteiger charge is -2.13. The van der Waals surface area contributed by atoms with Crippen molar-refractivity contribution in [3.63, 3.8) is 0 Å². The van der Waals surface area contributed by atoms with Crippen molar-refractivity contribution in [3.05, 3.63) is 34.0 Å². The highest BCUT2D eigenvalue weighted by Gasteiger charge is 2.23. The van der Waals surface area contributed by atoms with Gasteiger partial charge in [0.25, 0.3) is 5.69 Å². The highest BCUT2D eigenvalue weighted by molar-refractivity contribution is 5.84. The molecule has 96 valence electrons. The van der Waals surface area contributed by atoms with Crippen molar-refractivity contribution in [3.8, 4) is 0 Å². The second-order valence-electron chi connectivity index (χ2n) is 3.79. The standard InChI is InChI=1S/C10H11N3O5/c14-4-8(15)10(16)9-6-3-5(13(17)18)1-2-7(6)11-12-9/h1-3,8,10,14-16H,4H2,(H,11,12). The Balaban J connectivity index is 2.51. The first-order chi connectivity index (χ1) is 8.54. The number of hydrogen-bond donors (Lipinski definition) is 4. The van der Waals surface area contributed by atoms with Crippen molar-refractivity contribution < 1.29 is 20.2 Å². The van der Waals surface area contributed by atoms with Crippen LogP contribution < -0.4 is 0 Å². The van der Waals surface area contributed by atoms with Gasteiger partial charge < -0.3 is 15.3 Å². The molecule has 2 aromatic rings. The molecule has 8 heteroatoms. The first-order valence-electron chi connectivity index (χ1n) is 5.14. The van der Waals surface area contributed by atoms with E-state index in [4.69, 9.17) is 5.11 Å². The second kappa shape index (κ2) is 4.69. The Kier molecular flexibility index (Phi) is 3.24. The van der Waals surface area contributed by atoms with Crippen molar-refractivity contribution in [1.82, 2.24) is 10.2 Å². The van der Waals surface area contributed by atoms with Gasteiger partial charge in [0, 0.05) is 17.5 Å². The molecule has 0 aliphatic rings. The molecule has 0 fully saturated rings. The van der Waals surface area contributed by atoms with E-state index in [1.807, 2.05) is 0 Å². The molecule has 0 spiro atoms. The minimum absolute atomic E-state index is 0.134. The maximum absolute atomic E-state index is 10.7. The third-order valence-electron chi connectivity index (χ3n) is 2.63. The number of nitrogens with one attached hydrogen (secondary N) is 1. The van der Waals surface area contributed by atoms with E-state index >= 15 is 0 Å². The number of fused-ring (bicyclic) bond motifs is 1. The van der Waals surface area contributed by atoms with E-state index in [9.17, 15) is 20.3 Å². The number of nitro groups is 1. The van der Waals surface area contributed by atoms with Crippen LogP contribution >= 0.6 is 0 Å². The summed E-state index contributed by atoms with van der Waals surface area (Å²) in [6, 6.07) is 3.98. The van der Waals surface area contributed by atoms with Crippen molar-refractivity contribution in [2.45, 2.75) is 12.2 Å². The van der Waals surface area contributed by atoms with E-state index in [0.29, 0.717) is 10.9 Å². The van der Waals surface area contributed by atoms with Gasteiger partial charge in [-0.15, -0.1) is 0 Å². The van der Waals surface area contributed by atoms with Gasteiger partial charge in [0.2, 0.25) is 0 Å². The van der Waals surface area contributed by atoms with Crippen LogP contribution in [0.1, 0.15) is 11.8 Å². The van der Waals surface area contributed by atoms with Crippen LogP contribution in [0.5, 0.6) is 0 Å². The Morgan fingerprint density at radius 3 is 2.78 bits per heavy atom. The predicted molar refractivity (Wildman–Crippen MR) is 60.8 cm³/mol. The van der Waals surface area contributed by atoms with E-state index in [1.54, 1.807) is 0 Å². The molecule has 0 saturated carbocycles. The molecule has 0 aliphatic heterocycles. The quantitative estimate of drug-likeness (QED) is 0.442. The lowest BCUT2D eigenvalue weighted by molar-refractivity contribution is -0.384. The molecule has 18 heavy (non-hydrogen) atoms. The molecule has 1 aromatic heterocycles. The summed E-state index contributed by atoms with van der Waals surface area (Å²) in [6.07, 6.45) is -2.77. The summed E-state index contributed by atoms with van der Waals surface area (Å²) in [5, 5.41) is 45.2. The lowest BCUT2D eigenvalue weighted by atomic mass is 10.1. The molecule has 2 atom stereocenters. The average molecular weight is 253 g/mol. The van der Waals surface area contributed by atoms with E-state index in [2.05, 4.69) is 10.2 Å². The molecule has 8 nitrogen and oxygen atoms in total. The van der Waals surface area contributed by atoms with Crippen LogP contribution in [0.4, 0.5) is 5.69 Å². The summed E-state index contributed by atoms with van der Waals surface area (Å²) in [5.41, 5.74) is 0.422. The molecule has 0 bridgehead atoms. The minimum Gasteiger partial charge on any atom is -0.394 e. The fourth-order valence-electron chi connectivity index (χ4n) is 1.65. The van der Waals surface area contributed by atoms with Gasteiger partial charge in [-0.05, 0) is 6.07 Å². The first kappa shape index (κ1) is 12.4. The van der Waals surface area contributed by atoms with Gasteiger partial charge in [-0.2, -0.15) is 5.10 Å². The maximum Gasteiger partial charge on any atom is 0.270 e. The SMILES string of the molecule is O=[N+]([O-])c1ccc2n[nH]c(C(O)C(O)CO)c2c1. The number of aliphatic hydroxyl groups is 3. The van der Waals surface area contributed by atoms with E-state index in [0.717, 1.165) is 0 Å². The summed E-state index contributed by atoms with van der Waals surface area (Å²) in [7, 11) is 0. The number of non-ortho nitro benzene ring substituents is 1. The zero-order valence-corrected chi connectivity index (χ0v) is 9.15. The Labute approximate surface area is 101 Å². The average Bonchev–Trinajstić information content (AvgIpc) is 2.79. The van der Waals surface area contributed by atoms with Crippen LogP contribution in [0, 0.1) is 10.1 Å². The number of aromatic nitrogens is 2. The Bertz CT molecular complexity index is 582. The summed E-state index contributed by atoms with van der Waals surface area (Å²) in [6.45, 7) is -0.628. The maximum atomic E-state index is 10.7. The molecule has 0 saturated heterocycles. The smallest absolute Gasteiger partial charge is 0.270 e. The van der Waals surface area contributed by atoms with Crippen LogP contribution in [0.2, 0.25) is 0 Å². The molecule has 2 rings (SSSR count). The summed E-state index contributed by atoms with van der Waals surface area (Å²) >= 11 is 0. The number of aromatic amines is 1. The van der Waals surface area contributed by atoms with E-state index in [1.165, 1.54) is 18.2 Å². The number of H-pyrrole nitrogens is 1. The molecule has 1 aromatic carbocycles. The minimum atomic E-state index is -1.39. The summed E-state index contributed by atoms with van der Waals surface area (Å²) in [4.78, 5) is 10.1. The fraction of sp³-hybridized carbons (Fsp3) is 0.300. The Morgan fingerprint density at radius 2 is 2.17 bits per heavy atom. The van der Waals surface area contributed by atoms with Crippen molar-refractivity contribution >= 4 is 16.6 Å². The molecular weight excluding hydrogens is 242 g/mol. The second-order valence-corrected chi connectivity index (χ2v) is 3.79. The molecule has 4 N–H and O–H groups in total. The molecule has 0 amide bonds. The highest BCUT2D eigenvalue weighted by Crippen LogP contribution is 2.27. The van der Waals surface area contributed by atoms with E-state index < -0.39 is 23.7 Å². The van der Waals surface area contributed by atoms with Gasteiger partial charge in [0.15, 0.2) is 0 Å². The van der Waals surface area contributed by atoms with Gasteiger partial charge in [0.1, 0.15) is 12.2 Å². The Hall–Kier alpha value is -2.03. The summed E-state index contributed by atoms with van der Waals surface area (Å²) in [5.74, 6) is 0. The third-order valence-corrected chi connectivity index (χ3v) is 2.63. The molecule has 2 unspecified atom stereocenters. The number of rotatable bonds is 4. The Morgan fingerprint density at radius 1 is 1.44 bits per heavy atom. The van der Waals surface area contributed by atoms with Gasteiger partial charge in [0.05, 0.1) is 22.7 Å². The molecule has 1 heterocycles. The van der Waals surface area contributed by atoms with Gasteiger partial charge in [-0.25, -0.2) is 0 Å². The van der Waals surface area contributed by atoms with Crippen LogP contribution in [0.25, 0.3) is 10.9 Å². The normalized spacial score (nSPS) is 14.6. The van der Waals surface area contributed by atoms with Crippen LogP contribution in [0.15, 0.2) is 18.2 Å². The number of aliphatic hydroxyl groups excluding tert-OH is 3. The van der Waals surface area contributed by atoms with Gasteiger partial charge >= 0.3 is 0 Å². The monoisotopic (exact) mass is 253 g/mol. The zero-order chi connectivity index (χ0) is 13.3. The van der Waals surface area contributed by atoms with Crippen LogP contribution in [-0.2, 0) is 0 Å². The number of benzene rings is 1. The van der Waals surface area contributed by atoms with Crippen LogP contribution in [0.3, 0.4) is 0 Å². The van der Waals surface area contributed by atoms with E-state index in [-0.39, 0.29) is 11.4 Å². The number of nitro benzene ring substituents is 1. The highest BCUT2D eigenvalue weighted by atomic mass is 16.6. The number of hydrogen-bond acceptors (Lipinski definition) is 6. The molecule has 0 aliphatic carbocycles. The van der Waals surface area contributed by atoms with Crippen molar-refractivity contribution in [2.24, 2.45) is 0 Å². The fourth-order valence-corrected chi connectivity index (χ4v) is 1.65. The van der Waals surface area contributed by atoms with Crippen molar-refractivity contribution in [2.75, 3.05) is 6.61 Å². The van der Waals surface area contributed by atoms with Crippen molar-refractivity contribution in [1.29, 1.82) is 0 Å². The third kappa shape index (κ3) is 2.04. The van der Waals surface area contributed by atoms with Gasteiger partial charge in [-0.1, -0.05) is 0 Å². The number of nitrogens with zero attached hydrogens (tertiary/aromatic N) is 2. The first-order valence-corrected chi connectivity index (χ1v) is 5.14. The molecular formula is C10H11N3O5. The van der Waals surface area contributed by atoms with Gasteiger partial charge in [-0.3, -0.25) is 15.2 Å². The predicted octanol–water partition coefficient (Wildman–Crippen LogP) is -0.142. The van der Waals surface area contributed by atoms with Crippen LogP contribution in [-0.4, -0.2) is 43.2 Å². The summed E-state index contributed by atoms with van der Waals surface area (Å²) < 4.78 is 0.